The van der Waals surface area contributed by atoms with Crippen molar-refractivity contribution in [2.45, 2.75) is 78.3 Å². The predicted molar refractivity (Wildman–Crippen MR) is 89.4 cm³/mol. The van der Waals surface area contributed by atoms with E-state index in [-0.39, 0.29) is 0 Å². The molecule has 20 heavy (non-hydrogen) atoms. The molecule has 0 aromatic rings. The molecule has 122 valence electrons. The van der Waals surface area contributed by atoms with E-state index in [4.69, 9.17) is 4.74 Å². The van der Waals surface area contributed by atoms with Crippen molar-refractivity contribution in [1.82, 2.24) is 10.2 Å². The van der Waals surface area contributed by atoms with Crippen LogP contribution in [0, 0.1) is 0 Å². The van der Waals surface area contributed by atoms with Crippen LogP contribution < -0.4 is 5.32 Å². The molecule has 3 heteroatoms. The molecule has 0 radical (unpaired) electrons. The Hall–Kier alpha value is -0.120. The highest BCUT2D eigenvalue weighted by Gasteiger charge is 2.13. The number of unbranched alkanes of at least 4 members (excludes halogenated alkanes) is 3. The van der Waals surface area contributed by atoms with Crippen LogP contribution >= 0.6 is 0 Å². The zero-order valence-electron chi connectivity index (χ0n) is 14.6. The van der Waals surface area contributed by atoms with Crippen molar-refractivity contribution >= 4 is 0 Å². The van der Waals surface area contributed by atoms with Gasteiger partial charge in [0.1, 0.15) is 0 Å². The van der Waals surface area contributed by atoms with Crippen LogP contribution in [0.15, 0.2) is 0 Å². The molecule has 0 amide bonds. The molecular formula is C17H38N2O. The van der Waals surface area contributed by atoms with E-state index in [1.54, 1.807) is 7.11 Å². The summed E-state index contributed by atoms with van der Waals surface area (Å²) in [6.07, 6.45) is 7.82. The first-order valence-corrected chi connectivity index (χ1v) is 8.62. The third-order valence-electron chi connectivity index (χ3n) is 3.97. The number of ether oxygens (including phenoxy) is 1. The summed E-state index contributed by atoms with van der Waals surface area (Å²) in [7, 11) is 1.80. The third kappa shape index (κ3) is 10.6. The first-order valence-electron chi connectivity index (χ1n) is 8.62. The van der Waals surface area contributed by atoms with Gasteiger partial charge in [-0.2, -0.15) is 0 Å². The minimum Gasteiger partial charge on any atom is -0.383 e. The number of nitrogens with zero attached hydrogens (tertiary/aromatic N) is 1. The first-order chi connectivity index (χ1) is 9.65. The summed E-state index contributed by atoms with van der Waals surface area (Å²) < 4.78 is 5.24. The second-order valence-corrected chi connectivity index (χ2v) is 6.02. The van der Waals surface area contributed by atoms with Crippen molar-refractivity contribution in [3.05, 3.63) is 0 Å². The van der Waals surface area contributed by atoms with E-state index in [1.807, 2.05) is 0 Å². The van der Waals surface area contributed by atoms with Crippen molar-refractivity contribution < 1.29 is 4.74 Å². The molecule has 0 atom stereocenters. The topological polar surface area (TPSA) is 24.5 Å². The Bertz CT molecular complexity index is 193. The van der Waals surface area contributed by atoms with Crippen molar-refractivity contribution in [3.63, 3.8) is 0 Å². The van der Waals surface area contributed by atoms with Crippen molar-refractivity contribution in [1.29, 1.82) is 0 Å². The zero-order chi connectivity index (χ0) is 15.2. The Balaban J connectivity index is 3.72. The molecule has 0 rings (SSSR count). The fourth-order valence-corrected chi connectivity index (χ4v) is 2.67. The normalized spacial score (nSPS) is 12.0. The van der Waals surface area contributed by atoms with E-state index in [0.717, 1.165) is 25.7 Å². The third-order valence-corrected chi connectivity index (χ3v) is 3.97. The van der Waals surface area contributed by atoms with Crippen LogP contribution in [-0.2, 0) is 4.74 Å². The maximum absolute atomic E-state index is 5.24. The Kier molecular flexibility index (Phi) is 13.8. The van der Waals surface area contributed by atoms with Crippen molar-refractivity contribution in [2.75, 3.05) is 33.4 Å². The van der Waals surface area contributed by atoms with E-state index in [1.165, 1.54) is 45.1 Å². The molecule has 0 saturated heterocycles. The molecule has 0 unspecified atom stereocenters. The molecule has 3 nitrogen and oxygen atoms in total. The molecule has 0 aliphatic carbocycles. The van der Waals surface area contributed by atoms with Gasteiger partial charge in [0.25, 0.3) is 0 Å². The fraction of sp³-hybridized carbons (Fsp3) is 1.00. The van der Waals surface area contributed by atoms with Gasteiger partial charge in [-0.15, -0.1) is 0 Å². The lowest BCUT2D eigenvalue weighted by molar-refractivity contribution is 0.113. The van der Waals surface area contributed by atoms with Crippen molar-refractivity contribution in [3.8, 4) is 0 Å². The lowest BCUT2D eigenvalue weighted by atomic mass is 10.1. The van der Waals surface area contributed by atoms with E-state index < -0.39 is 0 Å². The highest BCUT2D eigenvalue weighted by molar-refractivity contribution is 4.69. The lowest BCUT2D eigenvalue weighted by Gasteiger charge is -2.30. The largest absolute Gasteiger partial charge is 0.383 e. The van der Waals surface area contributed by atoms with Crippen LogP contribution in [0.4, 0.5) is 0 Å². The van der Waals surface area contributed by atoms with Gasteiger partial charge in [-0.25, -0.2) is 0 Å². The Morgan fingerprint density at radius 3 is 2.15 bits per heavy atom. The average molecular weight is 287 g/mol. The summed E-state index contributed by atoms with van der Waals surface area (Å²) in [6, 6.07) is 1.35. The Morgan fingerprint density at radius 1 is 0.950 bits per heavy atom. The summed E-state index contributed by atoms with van der Waals surface area (Å²) in [4.78, 5) is 2.62. The van der Waals surface area contributed by atoms with E-state index in [2.05, 4.69) is 37.9 Å². The quantitative estimate of drug-likeness (QED) is 0.493. The monoisotopic (exact) mass is 286 g/mol. The molecule has 0 heterocycles. The molecule has 0 aromatic carbocycles. The maximum atomic E-state index is 5.24. The van der Waals surface area contributed by atoms with Gasteiger partial charge in [-0.05, 0) is 38.8 Å². The Morgan fingerprint density at radius 2 is 1.60 bits per heavy atom. The molecule has 0 fully saturated rings. The van der Waals surface area contributed by atoms with Gasteiger partial charge in [0.2, 0.25) is 0 Å². The molecule has 0 bridgehead atoms. The maximum Gasteiger partial charge on any atom is 0.0589 e. The van der Waals surface area contributed by atoms with E-state index >= 15 is 0 Å². The minimum atomic E-state index is 0.620. The smallest absolute Gasteiger partial charge is 0.0589 e. The summed E-state index contributed by atoms with van der Waals surface area (Å²) in [5.41, 5.74) is 0. The predicted octanol–water partition coefficient (Wildman–Crippen LogP) is 3.68. The number of hydrogen-bond acceptors (Lipinski definition) is 3. The van der Waals surface area contributed by atoms with Gasteiger partial charge >= 0.3 is 0 Å². The highest BCUT2D eigenvalue weighted by Crippen LogP contribution is 2.11. The van der Waals surface area contributed by atoms with Crippen LogP contribution in [-0.4, -0.2) is 50.3 Å². The first kappa shape index (κ1) is 19.9. The van der Waals surface area contributed by atoms with Gasteiger partial charge < -0.3 is 10.1 Å². The average Bonchev–Trinajstić information content (AvgIpc) is 2.43. The number of hydrogen-bond donors (Lipinski definition) is 1. The van der Waals surface area contributed by atoms with Crippen LogP contribution in [0.1, 0.15) is 66.2 Å². The van der Waals surface area contributed by atoms with Crippen LogP contribution in [0.5, 0.6) is 0 Å². The van der Waals surface area contributed by atoms with Gasteiger partial charge in [-0.1, -0.05) is 40.5 Å². The van der Waals surface area contributed by atoms with E-state index in [0.29, 0.717) is 6.04 Å². The SMILES string of the molecule is CCC(CC)N(CCCCCCNC(C)C)CCOC. The number of methoxy groups -OCH3 is 1. The zero-order valence-corrected chi connectivity index (χ0v) is 14.6. The second kappa shape index (κ2) is 13.8. The summed E-state index contributed by atoms with van der Waals surface area (Å²) >= 11 is 0. The van der Waals surface area contributed by atoms with Crippen molar-refractivity contribution in [2.24, 2.45) is 0 Å². The summed E-state index contributed by atoms with van der Waals surface area (Å²) in [5, 5.41) is 3.48. The number of rotatable bonds is 14. The molecule has 1 N–H and O–H groups in total. The lowest BCUT2D eigenvalue weighted by Crippen LogP contribution is -2.37. The van der Waals surface area contributed by atoms with Crippen LogP contribution in [0.3, 0.4) is 0 Å². The van der Waals surface area contributed by atoms with E-state index in [9.17, 15) is 0 Å². The molecule has 0 aliphatic rings. The van der Waals surface area contributed by atoms with Gasteiger partial charge in [-0.3, -0.25) is 4.90 Å². The molecule has 0 spiro atoms. The molecule has 0 saturated carbocycles. The summed E-state index contributed by atoms with van der Waals surface area (Å²) in [5.74, 6) is 0. The summed E-state index contributed by atoms with van der Waals surface area (Å²) in [6.45, 7) is 13.3. The van der Waals surface area contributed by atoms with Crippen LogP contribution in [0.25, 0.3) is 0 Å². The van der Waals surface area contributed by atoms with Crippen LogP contribution in [0.2, 0.25) is 0 Å². The second-order valence-electron chi connectivity index (χ2n) is 6.02. The van der Waals surface area contributed by atoms with Gasteiger partial charge in [0, 0.05) is 25.7 Å². The molecule has 0 aromatic heterocycles. The fourth-order valence-electron chi connectivity index (χ4n) is 2.67. The highest BCUT2D eigenvalue weighted by atomic mass is 16.5. The number of nitrogens with one attached hydrogen (secondary N) is 1. The standard InChI is InChI=1S/C17H38N2O/c1-6-17(7-2)19(14-15-20-5)13-11-9-8-10-12-18-16(3)4/h16-18H,6-15H2,1-5H3. The Labute approximate surface area is 127 Å². The van der Waals surface area contributed by atoms with Gasteiger partial charge in [0.15, 0.2) is 0 Å². The molecular weight excluding hydrogens is 248 g/mol. The minimum absolute atomic E-state index is 0.620. The molecule has 0 aliphatic heterocycles. The van der Waals surface area contributed by atoms with Gasteiger partial charge in [0.05, 0.1) is 6.61 Å².